The summed E-state index contributed by atoms with van der Waals surface area (Å²) in [6.45, 7) is 0. The maximum atomic E-state index is 2.50. The third-order valence-electron chi connectivity index (χ3n) is 3.27. The summed E-state index contributed by atoms with van der Waals surface area (Å²) in [5.41, 5.74) is -0.232. The van der Waals surface area contributed by atoms with E-state index < -0.39 is 19.3 Å². The predicted molar refractivity (Wildman–Crippen MR) is 104 cm³/mol. The van der Waals surface area contributed by atoms with Gasteiger partial charge in [-0.05, 0) is 0 Å². The van der Waals surface area contributed by atoms with Crippen molar-refractivity contribution in [3.05, 3.63) is 94.6 Å². The summed E-state index contributed by atoms with van der Waals surface area (Å²) in [6, 6.07) is 33.2. The molecule has 0 N–H and O–H groups in total. The minimum absolute atomic E-state index is 0.232. The standard InChI is InChI=1S/C19H18IP/c1-20(17-11-5-2-6-12-17)21(18-13-7-3-8-14-18)19-15-9-4-10-16-19/h2-16H,1H3. The Labute approximate surface area is 134 Å². The van der Waals surface area contributed by atoms with E-state index >= 15 is 0 Å². The van der Waals surface area contributed by atoms with Crippen LogP contribution in [0.3, 0.4) is 0 Å². The second kappa shape index (κ2) is 7.20. The summed E-state index contributed by atoms with van der Waals surface area (Å²) in [4.78, 5) is 2.50. The minimum atomic E-state index is -1.26. The molecule has 0 unspecified atom stereocenters. The zero-order valence-corrected chi connectivity index (χ0v) is 15.0. The molecule has 0 aromatic heterocycles. The van der Waals surface area contributed by atoms with Gasteiger partial charge in [-0.3, -0.25) is 0 Å². The van der Waals surface area contributed by atoms with Crippen LogP contribution in [0, 0.1) is 3.57 Å². The molecule has 3 aromatic carbocycles. The zero-order chi connectivity index (χ0) is 14.5. The van der Waals surface area contributed by atoms with Gasteiger partial charge in [0.1, 0.15) is 0 Å². The van der Waals surface area contributed by atoms with Crippen LogP contribution in [0.1, 0.15) is 0 Å². The van der Waals surface area contributed by atoms with Gasteiger partial charge in [0.2, 0.25) is 0 Å². The van der Waals surface area contributed by atoms with Crippen molar-refractivity contribution in [2.45, 2.75) is 0 Å². The molecule has 0 saturated heterocycles. The van der Waals surface area contributed by atoms with E-state index in [1.165, 1.54) is 10.6 Å². The van der Waals surface area contributed by atoms with E-state index in [1.807, 2.05) is 0 Å². The number of halogens is 1. The fraction of sp³-hybridized carbons (Fsp3) is 0.0526. The van der Waals surface area contributed by atoms with Crippen molar-refractivity contribution in [2.24, 2.45) is 0 Å². The molecule has 0 aliphatic carbocycles. The first kappa shape index (κ1) is 14.7. The van der Waals surface area contributed by atoms with Crippen LogP contribution in [-0.2, 0) is 0 Å². The molecule has 0 aliphatic heterocycles. The van der Waals surface area contributed by atoms with E-state index in [0.29, 0.717) is 0 Å². The van der Waals surface area contributed by atoms with Crippen molar-refractivity contribution in [3.8, 4) is 0 Å². The quantitative estimate of drug-likeness (QED) is 0.325. The van der Waals surface area contributed by atoms with Gasteiger partial charge in [0, 0.05) is 0 Å². The van der Waals surface area contributed by atoms with Gasteiger partial charge < -0.3 is 0 Å². The van der Waals surface area contributed by atoms with E-state index in [0.717, 1.165) is 0 Å². The topological polar surface area (TPSA) is 0 Å². The molecule has 106 valence electrons. The molecule has 0 nitrogen and oxygen atoms in total. The second-order valence-corrected chi connectivity index (χ2v) is 16.4. The Kier molecular flexibility index (Phi) is 5.05. The first-order valence-corrected chi connectivity index (χ1v) is 14.3. The Balaban J connectivity index is 2.05. The van der Waals surface area contributed by atoms with Crippen LogP contribution in [0.5, 0.6) is 0 Å². The Morgan fingerprint density at radius 2 is 0.952 bits per heavy atom. The van der Waals surface area contributed by atoms with Crippen molar-refractivity contribution in [1.82, 2.24) is 0 Å². The van der Waals surface area contributed by atoms with E-state index in [4.69, 9.17) is 0 Å². The molecule has 0 saturated carbocycles. The van der Waals surface area contributed by atoms with E-state index in [1.54, 1.807) is 3.57 Å². The van der Waals surface area contributed by atoms with E-state index in [9.17, 15) is 0 Å². The molecule has 0 amide bonds. The number of rotatable bonds is 4. The summed E-state index contributed by atoms with van der Waals surface area (Å²) in [5, 5.41) is 3.02. The number of hydrogen-bond donors (Lipinski definition) is 0. The molecule has 3 aromatic rings. The van der Waals surface area contributed by atoms with Gasteiger partial charge in [0.15, 0.2) is 0 Å². The summed E-state index contributed by atoms with van der Waals surface area (Å²) >= 11 is -1.26. The molecule has 0 fully saturated rings. The van der Waals surface area contributed by atoms with Gasteiger partial charge in [-0.15, -0.1) is 0 Å². The molecule has 0 radical (unpaired) electrons. The van der Waals surface area contributed by atoms with Crippen LogP contribution in [0.25, 0.3) is 0 Å². The molecule has 0 aliphatic rings. The fourth-order valence-electron chi connectivity index (χ4n) is 2.25. The number of hydrogen-bond acceptors (Lipinski definition) is 0. The zero-order valence-electron chi connectivity index (χ0n) is 12.0. The molecular formula is C19H18IP. The van der Waals surface area contributed by atoms with Gasteiger partial charge in [0.05, 0.1) is 0 Å². The molecule has 0 spiro atoms. The first-order chi connectivity index (χ1) is 10.4. The summed E-state index contributed by atoms with van der Waals surface area (Å²) in [5.74, 6) is 0. The van der Waals surface area contributed by atoms with Crippen molar-refractivity contribution in [2.75, 3.05) is 4.93 Å². The van der Waals surface area contributed by atoms with E-state index in [2.05, 4.69) is 95.9 Å². The van der Waals surface area contributed by atoms with E-state index in [-0.39, 0.29) is 5.56 Å². The van der Waals surface area contributed by atoms with Crippen LogP contribution in [0.15, 0.2) is 91.0 Å². The fourth-order valence-corrected chi connectivity index (χ4v) is 15.0. The number of alkyl halides is 1. The average molecular weight is 404 g/mol. The Morgan fingerprint density at radius 1 is 0.571 bits per heavy atom. The molecule has 0 heterocycles. The Morgan fingerprint density at radius 3 is 1.38 bits per heavy atom. The summed E-state index contributed by atoms with van der Waals surface area (Å²) < 4.78 is 1.57. The monoisotopic (exact) mass is 404 g/mol. The summed E-state index contributed by atoms with van der Waals surface area (Å²) in [6.07, 6.45) is 0. The predicted octanol–water partition coefficient (Wildman–Crippen LogP) is 5.04. The molecule has 21 heavy (non-hydrogen) atoms. The van der Waals surface area contributed by atoms with Crippen LogP contribution < -0.4 is 10.6 Å². The SMILES string of the molecule is CI(c1ccccc1)P(c1ccccc1)c1ccccc1. The normalized spacial score (nSPS) is 11.4. The van der Waals surface area contributed by atoms with Crippen LogP contribution in [0.4, 0.5) is 0 Å². The third-order valence-corrected chi connectivity index (χ3v) is 16.8. The Bertz CT molecular complexity index is 628. The van der Waals surface area contributed by atoms with Crippen LogP contribution in [0.2, 0.25) is 0 Å². The number of benzene rings is 3. The van der Waals surface area contributed by atoms with Crippen molar-refractivity contribution >= 4 is 35.4 Å². The van der Waals surface area contributed by atoms with Crippen molar-refractivity contribution < 1.29 is 0 Å². The molecular weight excluding hydrogens is 386 g/mol. The molecule has 2 heteroatoms. The molecule has 0 atom stereocenters. The van der Waals surface area contributed by atoms with Gasteiger partial charge in [-0.2, -0.15) is 0 Å². The van der Waals surface area contributed by atoms with Gasteiger partial charge in [-0.1, -0.05) is 0 Å². The van der Waals surface area contributed by atoms with Gasteiger partial charge in [0.25, 0.3) is 0 Å². The molecule has 0 bridgehead atoms. The van der Waals surface area contributed by atoms with Crippen molar-refractivity contribution in [3.63, 3.8) is 0 Å². The maximum absolute atomic E-state index is 2.50. The van der Waals surface area contributed by atoms with Crippen LogP contribution in [-0.4, -0.2) is 4.93 Å². The van der Waals surface area contributed by atoms with Crippen LogP contribution >= 0.6 is 24.8 Å². The second-order valence-electron chi connectivity index (χ2n) is 4.69. The average Bonchev–Trinajstić information content (AvgIpc) is 2.58. The summed E-state index contributed by atoms with van der Waals surface area (Å²) in [7, 11) is 0. The first-order valence-electron chi connectivity index (χ1n) is 6.92. The third kappa shape index (κ3) is 3.53. The van der Waals surface area contributed by atoms with Gasteiger partial charge in [-0.25, -0.2) is 0 Å². The Hall–Kier alpha value is -1.18. The van der Waals surface area contributed by atoms with Crippen molar-refractivity contribution in [1.29, 1.82) is 0 Å². The van der Waals surface area contributed by atoms with Gasteiger partial charge >= 0.3 is 135 Å². The molecule has 3 rings (SSSR count).